The van der Waals surface area contributed by atoms with Crippen LogP contribution in [0.1, 0.15) is 22.3 Å². The number of ketones is 1. The minimum absolute atomic E-state index is 0.0977. The first-order valence-corrected chi connectivity index (χ1v) is 4.60. The maximum absolute atomic E-state index is 14.1. The van der Waals surface area contributed by atoms with Crippen molar-refractivity contribution < 1.29 is 9.18 Å². The second-order valence-corrected chi connectivity index (χ2v) is 3.62. The average molecular weight is 190 g/mol. The van der Waals surface area contributed by atoms with Gasteiger partial charge in [0.25, 0.3) is 0 Å². The van der Waals surface area contributed by atoms with Gasteiger partial charge in [-0.1, -0.05) is 30.3 Å². The van der Waals surface area contributed by atoms with E-state index >= 15 is 0 Å². The molecule has 0 radical (unpaired) electrons. The van der Waals surface area contributed by atoms with E-state index in [2.05, 4.69) is 6.58 Å². The summed E-state index contributed by atoms with van der Waals surface area (Å²) in [5, 5.41) is 0. The lowest BCUT2D eigenvalue weighted by atomic mass is 9.97. The third-order valence-electron chi connectivity index (χ3n) is 2.61. The number of carbonyl (C=O) groups excluding carboxylic acids is 1. The smallest absolute Gasteiger partial charge is 0.200 e. The molecule has 0 heterocycles. The number of hydrogen-bond donors (Lipinski definition) is 0. The first-order chi connectivity index (χ1) is 6.67. The molecule has 0 saturated carbocycles. The highest BCUT2D eigenvalue weighted by atomic mass is 19.1. The van der Waals surface area contributed by atoms with Crippen molar-refractivity contribution in [1.82, 2.24) is 0 Å². The van der Waals surface area contributed by atoms with Gasteiger partial charge in [-0.2, -0.15) is 0 Å². The van der Waals surface area contributed by atoms with E-state index in [4.69, 9.17) is 0 Å². The predicted molar refractivity (Wildman–Crippen MR) is 53.1 cm³/mol. The van der Waals surface area contributed by atoms with Gasteiger partial charge >= 0.3 is 0 Å². The molecule has 0 amide bonds. The van der Waals surface area contributed by atoms with Gasteiger partial charge in [0, 0.05) is 18.4 Å². The van der Waals surface area contributed by atoms with Crippen LogP contribution >= 0.6 is 0 Å². The lowest BCUT2D eigenvalue weighted by Gasteiger charge is -2.14. The Bertz CT molecular complexity index is 397. The van der Waals surface area contributed by atoms with Gasteiger partial charge in [-0.3, -0.25) is 4.79 Å². The summed E-state index contributed by atoms with van der Waals surface area (Å²) in [7, 11) is 0. The topological polar surface area (TPSA) is 17.1 Å². The Labute approximate surface area is 82.3 Å². The maximum atomic E-state index is 14.1. The zero-order valence-electron chi connectivity index (χ0n) is 7.79. The molecule has 14 heavy (non-hydrogen) atoms. The third-order valence-corrected chi connectivity index (χ3v) is 2.61. The molecule has 72 valence electrons. The Balaban J connectivity index is 2.43. The minimum atomic E-state index is -1.74. The van der Waals surface area contributed by atoms with Crippen molar-refractivity contribution in [2.75, 3.05) is 0 Å². The summed E-state index contributed by atoms with van der Waals surface area (Å²) in [6.07, 6.45) is 1.75. The summed E-state index contributed by atoms with van der Waals surface area (Å²) in [5.74, 6) is -0.395. The maximum Gasteiger partial charge on any atom is 0.200 e. The predicted octanol–water partition coefficient (Wildman–Crippen LogP) is 2.71. The largest absolute Gasteiger partial charge is 0.291 e. The van der Waals surface area contributed by atoms with E-state index in [9.17, 15) is 9.18 Å². The fourth-order valence-corrected chi connectivity index (χ4v) is 1.91. The number of carbonyl (C=O) groups is 1. The molecule has 0 aromatic heterocycles. The van der Waals surface area contributed by atoms with E-state index in [1.54, 1.807) is 18.2 Å². The second-order valence-electron chi connectivity index (χ2n) is 3.62. The molecule has 0 bridgehead atoms. The van der Waals surface area contributed by atoms with Crippen LogP contribution in [-0.4, -0.2) is 11.5 Å². The molecule has 0 fully saturated rings. The SMILES string of the molecule is C=CC[C@]1(F)Cc2ccccc2C1=O. The molecule has 1 nitrogen and oxygen atoms in total. The summed E-state index contributed by atoms with van der Waals surface area (Å²) in [6.45, 7) is 3.47. The molecule has 1 aromatic carbocycles. The highest BCUT2D eigenvalue weighted by molar-refractivity contribution is 6.06. The number of Topliss-reactive ketones (excluding diaryl/α,β-unsaturated/α-hetero) is 1. The molecule has 1 aromatic rings. The number of benzene rings is 1. The highest BCUT2D eigenvalue weighted by Crippen LogP contribution is 2.35. The molecule has 1 atom stereocenters. The molecular weight excluding hydrogens is 179 g/mol. The summed E-state index contributed by atoms with van der Waals surface area (Å²) in [6, 6.07) is 7.07. The van der Waals surface area contributed by atoms with Crippen molar-refractivity contribution in [1.29, 1.82) is 0 Å². The van der Waals surface area contributed by atoms with Crippen molar-refractivity contribution >= 4 is 5.78 Å². The summed E-state index contributed by atoms with van der Waals surface area (Å²) >= 11 is 0. The van der Waals surface area contributed by atoms with Crippen molar-refractivity contribution in [3.8, 4) is 0 Å². The van der Waals surface area contributed by atoms with Crippen LogP contribution in [0.15, 0.2) is 36.9 Å². The van der Waals surface area contributed by atoms with Gasteiger partial charge in [-0.15, -0.1) is 6.58 Å². The number of allylic oxidation sites excluding steroid dienone is 1. The lowest BCUT2D eigenvalue weighted by molar-refractivity contribution is 0.0727. The van der Waals surface area contributed by atoms with Crippen LogP contribution < -0.4 is 0 Å². The molecule has 0 N–H and O–H groups in total. The van der Waals surface area contributed by atoms with Gasteiger partial charge in [0.2, 0.25) is 5.78 Å². The molecule has 0 aliphatic heterocycles. The highest BCUT2D eigenvalue weighted by Gasteiger charge is 2.44. The van der Waals surface area contributed by atoms with Crippen LogP contribution in [0.4, 0.5) is 4.39 Å². The fourth-order valence-electron chi connectivity index (χ4n) is 1.91. The van der Waals surface area contributed by atoms with Crippen LogP contribution in [-0.2, 0) is 6.42 Å². The van der Waals surface area contributed by atoms with E-state index < -0.39 is 11.5 Å². The fraction of sp³-hybridized carbons (Fsp3) is 0.250. The molecular formula is C12H11FO. The molecule has 1 aliphatic carbocycles. The molecule has 0 saturated heterocycles. The van der Waals surface area contributed by atoms with Crippen LogP contribution in [0.2, 0.25) is 0 Å². The number of rotatable bonds is 2. The Morgan fingerprint density at radius 1 is 1.50 bits per heavy atom. The molecule has 0 spiro atoms. The van der Waals surface area contributed by atoms with E-state index in [-0.39, 0.29) is 12.8 Å². The summed E-state index contributed by atoms with van der Waals surface area (Å²) < 4.78 is 14.1. The molecule has 0 unspecified atom stereocenters. The van der Waals surface area contributed by atoms with Gasteiger partial charge in [0.1, 0.15) is 0 Å². The Morgan fingerprint density at radius 3 is 2.86 bits per heavy atom. The van der Waals surface area contributed by atoms with Crippen molar-refractivity contribution in [3.63, 3.8) is 0 Å². The van der Waals surface area contributed by atoms with E-state index in [1.807, 2.05) is 6.07 Å². The van der Waals surface area contributed by atoms with Crippen LogP contribution in [0.25, 0.3) is 0 Å². The Hall–Kier alpha value is -1.44. The van der Waals surface area contributed by atoms with Gasteiger partial charge < -0.3 is 0 Å². The summed E-state index contributed by atoms with van der Waals surface area (Å²) in [4.78, 5) is 11.7. The van der Waals surface area contributed by atoms with E-state index in [0.29, 0.717) is 5.56 Å². The quantitative estimate of drug-likeness (QED) is 0.655. The zero-order chi connectivity index (χ0) is 10.2. The van der Waals surface area contributed by atoms with Gasteiger partial charge in [0.05, 0.1) is 0 Å². The van der Waals surface area contributed by atoms with Crippen molar-refractivity contribution in [2.45, 2.75) is 18.5 Å². The standard InChI is InChI=1S/C12H11FO/c1-2-7-12(13)8-9-5-3-4-6-10(9)11(12)14/h2-6H,1,7-8H2/t12-/m0/s1. The number of halogens is 1. The van der Waals surface area contributed by atoms with Crippen LogP contribution in [0, 0.1) is 0 Å². The molecule has 2 rings (SSSR count). The van der Waals surface area contributed by atoms with E-state index in [0.717, 1.165) is 5.56 Å². The van der Waals surface area contributed by atoms with Crippen LogP contribution in [0.3, 0.4) is 0 Å². The Morgan fingerprint density at radius 2 is 2.21 bits per heavy atom. The lowest BCUT2D eigenvalue weighted by Crippen LogP contribution is -2.29. The molecule has 2 heteroatoms. The second kappa shape index (κ2) is 3.05. The van der Waals surface area contributed by atoms with Crippen molar-refractivity contribution in [3.05, 3.63) is 48.0 Å². The first kappa shape index (κ1) is 9.13. The number of fused-ring (bicyclic) bond motifs is 1. The normalized spacial score (nSPS) is 24.8. The average Bonchev–Trinajstić information content (AvgIpc) is 2.41. The van der Waals surface area contributed by atoms with E-state index in [1.165, 1.54) is 6.08 Å². The number of hydrogen-bond acceptors (Lipinski definition) is 1. The van der Waals surface area contributed by atoms with Crippen LogP contribution in [0.5, 0.6) is 0 Å². The minimum Gasteiger partial charge on any atom is -0.291 e. The first-order valence-electron chi connectivity index (χ1n) is 4.60. The van der Waals surface area contributed by atoms with Gasteiger partial charge in [0.15, 0.2) is 5.67 Å². The van der Waals surface area contributed by atoms with Gasteiger partial charge in [-0.05, 0) is 5.56 Å². The van der Waals surface area contributed by atoms with Gasteiger partial charge in [-0.25, -0.2) is 4.39 Å². The zero-order valence-corrected chi connectivity index (χ0v) is 7.79. The summed E-state index contributed by atoms with van der Waals surface area (Å²) in [5.41, 5.74) is -0.412. The molecule has 1 aliphatic rings. The third kappa shape index (κ3) is 1.18. The monoisotopic (exact) mass is 190 g/mol. The number of alkyl halides is 1. The Kier molecular flexibility index (Phi) is 1.99. The van der Waals surface area contributed by atoms with Crippen molar-refractivity contribution in [2.24, 2.45) is 0 Å².